The van der Waals surface area contributed by atoms with Crippen molar-refractivity contribution >= 4 is 32.5 Å². The van der Waals surface area contributed by atoms with E-state index < -0.39 is 0 Å². The molecule has 0 saturated heterocycles. The van der Waals surface area contributed by atoms with E-state index in [9.17, 15) is 4.79 Å². The highest BCUT2D eigenvalue weighted by Crippen LogP contribution is 2.19. The van der Waals surface area contributed by atoms with Crippen LogP contribution in [0, 0.1) is 0 Å². The minimum Gasteiger partial charge on any atom is -0.289 e. The number of hydrogen-bond donors (Lipinski definition) is 0. The summed E-state index contributed by atoms with van der Waals surface area (Å²) in [5.41, 5.74) is 1.27. The average molecular weight is 312 g/mol. The van der Waals surface area contributed by atoms with Crippen LogP contribution in [-0.2, 0) is 0 Å². The van der Waals surface area contributed by atoms with Crippen LogP contribution >= 0.6 is 15.9 Å². The summed E-state index contributed by atoms with van der Waals surface area (Å²) in [6, 6.07) is 15.5. The van der Waals surface area contributed by atoms with Crippen LogP contribution in [0.1, 0.15) is 15.9 Å². The Labute approximate surface area is 119 Å². The van der Waals surface area contributed by atoms with Gasteiger partial charge in [-0.2, -0.15) is 0 Å². The van der Waals surface area contributed by atoms with Gasteiger partial charge in [0.15, 0.2) is 5.78 Å². The maximum absolute atomic E-state index is 12.4. The Balaban J connectivity index is 2.06. The van der Waals surface area contributed by atoms with E-state index in [0.29, 0.717) is 11.1 Å². The molecule has 0 fully saturated rings. The molecule has 1 heterocycles. The van der Waals surface area contributed by atoms with Gasteiger partial charge in [0, 0.05) is 28.0 Å². The van der Waals surface area contributed by atoms with Crippen molar-refractivity contribution in [1.82, 2.24) is 4.98 Å². The zero-order chi connectivity index (χ0) is 13.2. The molecule has 2 aromatic carbocycles. The molecule has 0 saturated carbocycles. The molecule has 0 spiro atoms. The van der Waals surface area contributed by atoms with Crippen molar-refractivity contribution in [3.8, 4) is 0 Å². The minimum atomic E-state index is -0.0143. The highest BCUT2D eigenvalue weighted by atomic mass is 79.9. The Bertz CT molecular complexity index is 767. The van der Waals surface area contributed by atoms with Gasteiger partial charge in [0.2, 0.25) is 0 Å². The van der Waals surface area contributed by atoms with E-state index in [4.69, 9.17) is 0 Å². The van der Waals surface area contributed by atoms with E-state index in [1.807, 2.05) is 42.5 Å². The van der Waals surface area contributed by atoms with E-state index in [0.717, 1.165) is 15.2 Å². The van der Waals surface area contributed by atoms with Crippen molar-refractivity contribution in [2.24, 2.45) is 0 Å². The van der Waals surface area contributed by atoms with E-state index in [1.54, 1.807) is 18.5 Å². The summed E-state index contributed by atoms with van der Waals surface area (Å²) in [7, 11) is 0. The van der Waals surface area contributed by atoms with Crippen molar-refractivity contribution < 1.29 is 4.79 Å². The standard InChI is InChI=1S/C16H10BrNO/c17-15-8-14(9-18-10-15)16(19)13-6-5-11-3-1-2-4-12(11)7-13/h1-10H. The van der Waals surface area contributed by atoms with Gasteiger partial charge in [-0.05, 0) is 38.8 Å². The molecule has 92 valence electrons. The molecule has 3 aromatic rings. The molecule has 3 heteroatoms. The second-order valence-electron chi connectivity index (χ2n) is 4.28. The second kappa shape index (κ2) is 4.94. The lowest BCUT2D eigenvalue weighted by Crippen LogP contribution is -2.01. The number of halogens is 1. The maximum atomic E-state index is 12.4. The lowest BCUT2D eigenvalue weighted by molar-refractivity contribution is 0.103. The van der Waals surface area contributed by atoms with E-state index in [-0.39, 0.29) is 5.78 Å². The Hall–Kier alpha value is -2.00. The molecule has 0 amide bonds. The van der Waals surface area contributed by atoms with Gasteiger partial charge in [0.1, 0.15) is 0 Å². The first-order valence-corrected chi connectivity index (χ1v) is 6.67. The first-order valence-electron chi connectivity index (χ1n) is 5.88. The van der Waals surface area contributed by atoms with Crippen molar-refractivity contribution in [2.75, 3.05) is 0 Å². The first kappa shape index (κ1) is 12.1. The summed E-state index contributed by atoms with van der Waals surface area (Å²) >= 11 is 3.33. The van der Waals surface area contributed by atoms with Gasteiger partial charge in [0.05, 0.1) is 0 Å². The largest absolute Gasteiger partial charge is 0.289 e. The van der Waals surface area contributed by atoms with Crippen molar-refractivity contribution in [3.05, 3.63) is 76.5 Å². The summed E-state index contributed by atoms with van der Waals surface area (Å²) in [6.07, 6.45) is 3.25. The van der Waals surface area contributed by atoms with Crippen LogP contribution in [0.4, 0.5) is 0 Å². The number of carbonyl (C=O) groups is 1. The molecule has 0 aliphatic rings. The second-order valence-corrected chi connectivity index (χ2v) is 5.20. The van der Waals surface area contributed by atoms with Crippen molar-refractivity contribution in [1.29, 1.82) is 0 Å². The van der Waals surface area contributed by atoms with Crippen LogP contribution in [0.3, 0.4) is 0 Å². The highest BCUT2D eigenvalue weighted by Gasteiger charge is 2.10. The Morgan fingerprint density at radius 2 is 1.68 bits per heavy atom. The molecule has 1 aromatic heterocycles. The first-order chi connectivity index (χ1) is 9.24. The molecule has 0 aliphatic carbocycles. The predicted octanol–water partition coefficient (Wildman–Crippen LogP) is 4.23. The quantitative estimate of drug-likeness (QED) is 0.663. The topological polar surface area (TPSA) is 30.0 Å². The number of pyridine rings is 1. The van der Waals surface area contributed by atoms with Gasteiger partial charge in [-0.1, -0.05) is 36.4 Å². The van der Waals surface area contributed by atoms with Crippen molar-refractivity contribution in [2.45, 2.75) is 0 Å². The number of ketones is 1. The van der Waals surface area contributed by atoms with Crippen LogP contribution in [-0.4, -0.2) is 10.8 Å². The SMILES string of the molecule is O=C(c1cncc(Br)c1)c1ccc2ccccc2c1. The number of benzene rings is 2. The molecule has 0 aliphatic heterocycles. The molecule has 3 rings (SSSR count). The van der Waals surface area contributed by atoms with Crippen LogP contribution in [0.2, 0.25) is 0 Å². The fourth-order valence-corrected chi connectivity index (χ4v) is 2.40. The molecular weight excluding hydrogens is 302 g/mol. The lowest BCUT2D eigenvalue weighted by Gasteiger charge is -2.03. The lowest BCUT2D eigenvalue weighted by atomic mass is 10.0. The van der Waals surface area contributed by atoms with Crippen molar-refractivity contribution in [3.63, 3.8) is 0 Å². The number of carbonyl (C=O) groups excluding carboxylic acids is 1. The van der Waals surface area contributed by atoms with Gasteiger partial charge in [0.25, 0.3) is 0 Å². The monoisotopic (exact) mass is 311 g/mol. The molecule has 0 unspecified atom stereocenters. The zero-order valence-corrected chi connectivity index (χ0v) is 11.6. The zero-order valence-electron chi connectivity index (χ0n) is 10.0. The molecule has 0 bridgehead atoms. The van der Waals surface area contributed by atoms with Crippen LogP contribution < -0.4 is 0 Å². The molecule has 0 N–H and O–H groups in total. The number of hydrogen-bond acceptors (Lipinski definition) is 2. The Morgan fingerprint density at radius 3 is 2.47 bits per heavy atom. The van der Waals surface area contributed by atoms with Crippen LogP contribution in [0.25, 0.3) is 10.8 Å². The van der Waals surface area contributed by atoms with Crippen LogP contribution in [0.5, 0.6) is 0 Å². The van der Waals surface area contributed by atoms with Gasteiger partial charge in [-0.25, -0.2) is 0 Å². The normalized spacial score (nSPS) is 10.6. The summed E-state index contributed by atoms with van der Waals surface area (Å²) in [6.45, 7) is 0. The maximum Gasteiger partial charge on any atom is 0.194 e. The Kier molecular flexibility index (Phi) is 3.13. The summed E-state index contributed by atoms with van der Waals surface area (Å²) in [5.74, 6) is -0.0143. The van der Waals surface area contributed by atoms with E-state index in [2.05, 4.69) is 20.9 Å². The Morgan fingerprint density at radius 1 is 0.895 bits per heavy atom. The summed E-state index contributed by atoms with van der Waals surface area (Å²) in [5, 5.41) is 2.20. The highest BCUT2D eigenvalue weighted by molar-refractivity contribution is 9.10. The average Bonchev–Trinajstić information content (AvgIpc) is 2.46. The third kappa shape index (κ3) is 2.42. The van der Waals surface area contributed by atoms with Gasteiger partial charge in [-0.15, -0.1) is 0 Å². The van der Waals surface area contributed by atoms with E-state index >= 15 is 0 Å². The number of nitrogens with zero attached hydrogens (tertiary/aromatic N) is 1. The number of fused-ring (bicyclic) bond motifs is 1. The summed E-state index contributed by atoms with van der Waals surface area (Å²) < 4.78 is 0.805. The fourth-order valence-electron chi connectivity index (χ4n) is 2.03. The predicted molar refractivity (Wildman–Crippen MR) is 79.3 cm³/mol. The number of rotatable bonds is 2. The fraction of sp³-hybridized carbons (Fsp3) is 0. The molecule has 19 heavy (non-hydrogen) atoms. The third-order valence-corrected chi connectivity index (χ3v) is 3.41. The molecule has 0 radical (unpaired) electrons. The van der Waals surface area contributed by atoms with Gasteiger partial charge < -0.3 is 0 Å². The summed E-state index contributed by atoms with van der Waals surface area (Å²) in [4.78, 5) is 16.4. The minimum absolute atomic E-state index is 0.0143. The smallest absolute Gasteiger partial charge is 0.194 e. The molecule has 0 atom stereocenters. The van der Waals surface area contributed by atoms with E-state index in [1.165, 1.54) is 0 Å². The number of aromatic nitrogens is 1. The van der Waals surface area contributed by atoms with Gasteiger partial charge in [-0.3, -0.25) is 9.78 Å². The molecule has 2 nitrogen and oxygen atoms in total. The third-order valence-electron chi connectivity index (χ3n) is 2.98. The van der Waals surface area contributed by atoms with Crippen LogP contribution in [0.15, 0.2) is 65.4 Å². The molecular formula is C16H10BrNO. The van der Waals surface area contributed by atoms with Gasteiger partial charge >= 0.3 is 0 Å².